The zero-order valence-corrected chi connectivity index (χ0v) is 14.9. The van der Waals surface area contributed by atoms with Gasteiger partial charge in [-0.25, -0.2) is 4.68 Å². The summed E-state index contributed by atoms with van der Waals surface area (Å²) in [5, 5.41) is 7.06. The summed E-state index contributed by atoms with van der Waals surface area (Å²) < 4.78 is 7.57. The number of rotatable bonds is 6. The number of amides is 1. The van der Waals surface area contributed by atoms with E-state index in [1.165, 1.54) is 10.7 Å². The molecule has 1 aromatic carbocycles. The second-order valence-corrected chi connectivity index (χ2v) is 6.33. The molecule has 0 saturated carbocycles. The van der Waals surface area contributed by atoms with Crippen LogP contribution in [-0.4, -0.2) is 22.2 Å². The van der Waals surface area contributed by atoms with Crippen LogP contribution < -0.4 is 10.9 Å². The molecule has 1 N–H and O–H groups in total. The lowest BCUT2D eigenvalue weighted by atomic mass is 10.1. The lowest BCUT2D eigenvalue weighted by molar-refractivity contribution is -0.120. The summed E-state index contributed by atoms with van der Waals surface area (Å²) in [4.78, 5) is 23.9. The van der Waals surface area contributed by atoms with E-state index in [4.69, 9.17) is 4.42 Å². The Morgan fingerprint density at radius 1 is 1.16 bits per heavy atom. The molecule has 2 heterocycles. The van der Waals surface area contributed by atoms with Crippen molar-refractivity contribution in [3.63, 3.8) is 0 Å². The van der Waals surface area contributed by atoms with E-state index in [9.17, 15) is 9.59 Å². The van der Waals surface area contributed by atoms with Gasteiger partial charge in [0.05, 0.1) is 19.2 Å². The molecule has 0 saturated heterocycles. The van der Waals surface area contributed by atoms with Gasteiger partial charge >= 0.3 is 0 Å². The molecular formula is C18H16BrN3O3. The summed E-state index contributed by atoms with van der Waals surface area (Å²) in [7, 11) is 0. The second-order valence-electron chi connectivity index (χ2n) is 5.41. The smallest absolute Gasteiger partial charge is 0.266 e. The number of furan rings is 1. The van der Waals surface area contributed by atoms with E-state index in [2.05, 4.69) is 26.3 Å². The molecule has 3 aromatic rings. The molecule has 6 nitrogen and oxygen atoms in total. The number of hydrogen-bond donors (Lipinski definition) is 1. The van der Waals surface area contributed by atoms with Crippen LogP contribution in [0.3, 0.4) is 0 Å². The van der Waals surface area contributed by atoms with E-state index in [1.807, 2.05) is 24.3 Å². The van der Waals surface area contributed by atoms with Gasteiger partial charge in [-0.1, -0.05) is 28.1 Å². The van der Waals surface area contributed by atoms with E-state index in [0.29, 0.717) is 31.0 Å². The minimum absolute atomic E-state index is 0.0995. The van der Waals surface area contributed by atoms with Crippen molar-refractivity contribution >= 4 is 21.8 Å². The first-order chi connectivity index (χ1) is 12.1. The predicted octanol–water partition coefficient (Wildman–Crippen LogP) is 2.62. The lowest BCUT2D eigenvalue weighted by Gasteiger charge is -2.08. The van der Waals surface area contributed by atoms with E-state index in [1.54, 1.807) is 24.5 Å². The molecule has 0 aliphatic rings. The van der Waals surface area contributed by atoms with Gasteiger partial charge in [0.1, 0.15) is 5.69 Å². The van der Waals surface area contributed by atoms with Crippen LogP contribution in [-0.2, 0) is 17.8 Å². The van der Waals surface area contributed by atoms with Crippen LogP contribution in [0.25, 0.3) is 11.5 Å². The van der Waals surface area contributed by atoms with Crippen molar-refractivity contribution in [3.8, 4) is 11.5 Å². The van der Waals surface area contributed by atoms with E-state index in [0.717, 1.165) is 10.0 Å². The fourth-order valence-electron chi connectivity index (χ4n) is 2.32. The largest absolute Gasteiger partial charge is 0.463 e. The quantitative estimate of drug-likeness (QED) is 0.688. The molecule has 0 atom stereocenters. The first-order valence-electron chi connectivity index (χ1n) is 7.75. The Kier molecular flexibility index (Phi) is 5.45. The third-order valence-corrected chi connectivity index (χ3v) is 4.09. The van der Waals surface area contributed by atoms with Gasteiger partial charge < -0.3 is 9.73 Å². The molecule has 3 rings (SSSR count). The van der Waals surface area contributed by atoms with Gasteiger partial charge in [0.25, 0.3) is 5.56 Å². The molecule has 0 aliphatic carbocycles. The van der Waals surface area contributed by atoms with Gasteiger partial charge in [0.15, 0.2) is 5.76 Å². The highest BCUT2D eigenvalue weighted by atomic mass is 79.9. The molecule has 128 valence electrons. The van der Waals surface area contributed by atoms with Crippen LogP contribution in [0, 0.1) is 0 Å². The van der Waals surface area contributed by atoms with Gasteiger partial charge in [0, 0.05) is 17.1 Å². The second kappa shape index (κ2) is 7.94. The minimum Gasteiger partial charge on any atom is -0.463 e. The molecule has 0 bridgehead atoms. The Hall–Kier alpha value is -2.67. The van der Waals surface area contributed by atoms with Crippen LogP contribution in [0.15, 0.2) is 68.5 Å². The van der Waals surface area contributed by atoms with Gasteiger partial charge in [-0.2, -0.15) is 5.10 Å². The monoisotopic (exact) mass is 401 g/mol. The van der Waals surface area contributed by atoms with Crippen LogP contribution in [0.2, 0.25) is 0 Å². The van der Waals surface area contributed by atoms with Gasteiger partial charge in [0.2, 0.25) is 5.91 Å². The molecule has 7 heteroatoms. The number of nitrogens with zero attached hydrogens (tertiary/aromatic N) is 2. The van der Waals surface area contributed by atoms with Crippen molar-refractivity contribution in [2.45, 2.75) is 13.0 Å². The highest BCUT2D eigenvalue weighted by Crippen LogP contribution is 2.15. The van der Waals surface area contributed by atoms with Crippen molar-refractivity contribution in [2.24, 2.45) is 0 Å². The van der Waals surface area contributed by atoms with Crippen LogP contribution >= 0.6 is 15.9 Å². The highest BCUT2D eigenvalue weighted by molar-refractivity contribution is 9.10. The molecule has 0 fully saturated rings. The number of carbonyl (C=O) groups excluding carboxylic acids is 1. The minimum atomic E-state index is -0.225. The van der Waals surface area contributed by atoms with Crippen LogP contribution in [0.1, 0.15) is 5.56 Å². The van der Waals surface area contributed by atoms with Gasteiger partial charge in [-0.15, -0.1) is 0 Å². The average molecular weight is 402 g/mol. The highest BCUT2D eigenvalue weighted by Gasteiger charge is 2.07. The standard InChI is InChI=1S/C18H16BrN3O3/c19-14-5-3-13(4-6-14)12-17(23)20-9-10-22-18(24)8-7-15(21-22)16-2-1-11-25-16/h1-8,11H,9-10,12H2,(H,20,23). The number of halogens is 1. The van der Waals surface area contributed by atoms with Crippen molar-refractivity contribution in [1.29, 1.82) is 0 Å². The van der Waals surface area contributed by atoms with Crippen molar-refractivity contribution in [3.05, 3.63) is 75.2 Å². The SMILES string of the molecule is O=C(Cc1ccc(Br)cc1)NCCn1nc(-c2ccco2)ccc1=O. The summed E-state index contributed by atoms with van der Waals surface area (Å²) in [6.45, 7) is 0.614. The Morgan fingerprint density at radius 2 is 1.96 bits per heavy atom. The molecule has 0 unspecified atom stereocenters. The van der Waals surface area contributed by atoms with Gasteiger partial charge in [-0.05, 0) is 35.9 Å². The summed E-state index contributed by atoms with van der Waals surface area (Å²) in [5.74, 6) is 0.491. The zero-order valence-electron chi connectivity index (χ0n) is 13.3. The summed E-state index contributed by atoms with van der Waals surface area (Å²) in [6, 6.07) is 14.2. The van der Waals surface area contributed by atoms with Crippen molar-refractivity contribution in [1.82, 2.24) is 15.1 Å². The molecule has 2 aromatic heterocycles. The average Bonchev–Trinajstić information content (AvgIpc) is 3.13. The third-order valence-electron chi connectivity index (χ3n) is 3.56. The number of hydrogen-bond acceptors (Lipinski definition) is 4. The van der Waals surface area contributed by atoms with Crippen molar-refractivity contribution < 1.29 is 9.21 Å². The number of aromatic nitrogens is 2. The number of carbonyl (C=O) groups is 1. The van der Waals surface area contributed by atoms with E-state index >= 15 is 0 Å². The fraction of sp³-hybridized carbons (Fsp3) is 0.167. The maximum Gasteiger partial charge on any atom is 0.266 e. The zero-order chi connectivity index (χ0) is 17.6. The first kappa shape index (κ1) is 17.2. The molecule has 1 amide bonds. The topological polar surface area (TPSA) is 77.1 Å². The maximum absolute atomic E-state index is 12.0. The Bertz CT molecular complexity index is 902. The van der Waals surface area contributed by atoms with E-state index in [-0.39, 0.29) is 11.5 Å². The van der Waals surface area contributed by atoms with Gasteiger partial charge in [-0.3, -0.25) is 9.59 Å². The predicted molar refractivity (Wildman–Crippen MR) is 97.1 cm³/mol. The third kappa shape index (κ3) is 4.67. The summed E-state index contributed by atoms with van der Waals surface area (Å²) >= 11 is 3.36. The molecule has 25 heavy (non-hydrogen) atoms. The summed E-state index contributed by atoms with van der Waals surface area (Å²) in [5.41, 5.74) is 1.28. The van der Waals surface area contributed by atoms with E-state index < -0.39 is 0 Å². The van der Waals surface area contributed by atoms with Crippen LogP contribution in [0.5, 0.6) is 0 Å². The Balaban J connectivity index is 1.56. The van der Waals surface area contributed by atoms with Crippen LogP contribution in [0.4, 0.5) is 0 Å². The summed E-state index contributed by atoms with van der Waals surface area (Å²) in [6.07, 6.45) is 1.84. The molecular weight excluding hydrogens is 386 g/mol. The maximum atomic E-state index is 12.0. The lowest BCUT2D eigenvalue weighted by Crippen LogP contribution is -2.32. The first-order valence-corrected chi connectivity index (χ1v) is 8.54. The van der Waals surface area contributed by atoms with Crippen molar-refractivity contribution in [2.75, 3.05) is 6.54 Å². The molecule has 0 spiro atoms. The normalized spacial score (nSPS) is 10.6. The Labute approximate surface area is 152 Å². The molecule has 0 radical (unpaired) electrons. The number of nitrogens with one attached hydrogen (secondary N) is 1. The Morgan fingerprint density at radius 3 is 2.68 bits per heavy atom. The number of benzene rings is 1. The molecule has 0 aliphatic heterocycles. The fourth-order valence-corrected chi connectivity index (χ4v) is 2.58.